The quantitative estimate of drug-likeness (QED) is 0.549. The van der Waals surface area contributed by atoms with Crippen LogP contribution in [0.4, 0.5) is 10.1 Å². The molecular weight excluding hydrogens is 453 g/mol. The molecule has 0 aliphatic rings. The maximum absolute atomic E-state index is 14.4. The van der Waals surface area contributed by atoms with E-state index in [0.29, 0.717) is 11.3 Å². The van der Waals surface area contributed by atoms with E-state index in [1.165, 1.54) is 36.4 Å². The Morgan fingerprint density at radius 1 is 1.12 bits per heavy atom. The van der Waals surface area contributed by atoms with Gasteiger partial charge in [-0.25, -0.2) is 12.8 Å². The molecule has 6 nitrogen and oxygen atoms in total. The molecule has 9 heteroatoms. The van der Waals surface area contributed by atoms with E-state index < -0.39 is 34.8 Å². The van der Waals surface area contributed by atoms with Gasteiger partial charge in [-0.1, -0.05) is 41.4 Å². The van der Waals surface area contributed by atoms with Crippen molar-refractivity contribution in [2.45, 2.75) is 18.4 Å². The van der Waals surface area contributed by atoms with Gasteiger partial charge in [-0.05, 0) is 49.4 Å². The van der Waals surface area contributed by atoms with Gasteiger partial charge in [0.25, 0.3) is 0 Å². The van der Waals surface area contributed by atoms with Crippen LogP contribution in [-0.4, -0.2) is 25.2 Å². The molecular formula is C23H19ClFN3O3S. The summed E-state index contributed by atoms with van der Waals surface area (Å²) >= 11 is 6.10. The molecule has 0 saturated carbocycles. The second-order valence-corrected chi connectivity index (χ2v) is 9.37. The van der Waals surface area contributed by atoms with Gasteiger partial charge in [0.2, 0.25) is 15.9 Å². The second kappa shape index (κ2) is 9.92. The number of halogens is 2. The van der Waals surface area contributed by atoms with E-state index in [9.17, 15) is 17.6 Å². The molecule has 0 aliphatic carbocycles. The van der Waals surface area contributed by atoms with Crippen molar-refractivity contribution in [1.29, 1.82) is 5.26 Å². The van der Waals surface area contributed by atoms with E-state index in [-0.39, 0.29) is 15.5 Å². The Morgan fingerprint density at radius 2 is 1.81 bits per heavy atom. The molecule has 0 fully saturated rings. The van der Waals surface area contributed by atoms with Gasteiger partial charge in [-0.15, -0.1) is 0 Å². The Kier molecular flexibility index (Phi) is 7.26. The lowest BCUT2D eigenvalue weighted by Gasteiger charge is -2.23. The minimum Gasteiger partial charge on any atom is -0.325 e. The standard InChI is InChI=1S/C23H19ClFN3O3S/c1-16-8-10-19(11-9-16)32(30,31)28(14-20-21(24)6-3-7-22(20)25)15-23(29)27-18-5-2-4-17(12-18)13-26/h2-12H,14-15H2,1H3,(H,27,29). The Balaban J connectivity index is 1.93. The number of nitrogens with zero attached hydrogens (tertiary/aromatic N) is 2. The number of nitrogens with one attached hydrogen (secondary N) is 1. The molecule has 0 atom stereocenters. The summed E-state index contributed by atoms with van der Waals surface area (Å²) in [7, 11) is -4.15. The van der Waals surface area contributed by atoms with E-state index >= 15 is 0 Å². The van der Waals surface area contributed by atoms with Crippen LogP contribution < -0.4 is 5.32 Å². The lowest BCUT2D eigenvalue weighted by Crippen LogP contribution is -2.38. The van der Waals surface area contributed by atoms with Gasteiger partial charge in [-0.3, -0.25) is 4.79 Å². The van der Waals surface area contributed by atoms with Crippen LogP contribution in [0, 0.1) is 24.1 Å². The van der Waals surface area contributed by atoms with Crippen molar-refractivity contribution < 1.29 is 17.6 Å². The zero-order valence-electron chi connectivity index (χ0n) is 17.0. The van der Waals surface area contributed by atoms with E-state index in [1.54, 1.807) is 30.3 Å². The molecule has 0 aromatic heterocycles. The number of rotatable bonds is 7. The third-order valence-corrected chi connectivity index (χ3v) is 6.81. The summed E-state index contributed by atoms with van der Waals surface area (Å²) in [6, 6.07) is 18.3. The predicted molar refractivity (Wildman–Crippen MR) is 120 cm³/mol. The van der Waals surface area contributed by atoms with Crippen LogP contribution >= 0.6 is 11.6 Å². The van der Waals surface area contributed by atoms with Crippen molar-refractivity contribution in [3.8, 4) is 6.07 Å². The summed E-state index contributed by atoms with van der Waals surface area (Å²) in [6.45, 7) is 0.793. The van der Waals surface area contributed by atoms with Crippen molar-refractivity contribution in [3.63, 3.8) is 0 Å². The summed E-state index contributed by atoms with van der Waals surface area (Å²) in [6.07, 6.45) is 0. The number of carbonyl (C=O) groups excluding carboxylic acids is 1. The van der Waals surface area contributed by atoms with E-state index in [1.807, 2.05) is 13.0 Å². The van der Waals surface area contributed by atoms with Crippen molar-refractivity contribution in [3.05, 3.63) is 94.3 Å². The first-order valence-electron chi connectivity index (χ1n) is 9.50. The van der Waals surface area contributed by atoms with Crippen molar-refractivity contribution in [1.82, 2.24) is 4.31 Å². The Hall–Kier alpha value is -3.25. The van der Waals surface area contributed by atoms with Crippen LogP contribution in [0.1, 0.15) is 16.7 Å². The minimum atomic E-state index is -4.15. The number of hydrogen-bond acceptors (Lipinski definition) is 4. The number of carbonyl (C=O) groups is 1. The molecule has 3 aromatic rings. The van der Waals surface area contributed by atoms with Gasteiger partial charge in [0.1, 0.15) is 5.82 Å². The molecule has 0 unspecified atom stereocenters. The molecule has 3 rings (SSSR count). The number of amides is 1. The Bertz CT molecular complexity index is 1270. The largest absolute Gasteiger partial charge is 0.325 e. The molecule has 0 spiro atoms. The zero-order valence-corrected chi connectivity index (χ0v) is 18.6. The van der Waals surface area contributed by atoms with Gasteiger partial charge in [-0.2, -0.15) is 9.57 Å². The lowest BCUT2D eigenvalue weighted by molar-refractivity contribution is -0.116. The highest BCUT2D eigenvalue weighted by atomic mass is 35.5. The van der Waals surface area contributed by atoms with Gasteiger partial charge < -0.3 is 5.32 Å². The summed E-state index contributed by atoms with van der Waals surface area (Å²) in [5, 5.41) is 11.6. The van der Waals surface area contributed by atoms with Gasteiger partial charge >= 0.3 is 0 Å². The van der Waals surface area contributed by atoms with Crippen LogP contribution in [0.5, 0.6) is 0 Å². The average molecular weight is 472 g/mol. The normalized spacial score (nSPS) is 11.2. The van der Waals surface area contributed by atoms with Gasteiger partial charge in [0.15, 0.2) is 0 Å². The Labute approximate surface area is 190 Å². The third-order valence-electron chi connectivity index (χ3n) is 4.65. The summed E-state index contributed by atoms with van der Waals surface area (Å²) in [5.41, 5.74) is 1.50. The molecule has 0 saturated heterocycles. The number of benzene rings is 3. The first kappa shape index (κ1) is 23.4. The second-order valence-electron chi connectivity index (χ2n) is 7.03. The number of nitriles is 1. The third kappa shape index (κ3) is 5.51. The summed E-state index contributed by atoms with van der Waals surface area (Å²) < 4.78 is 41.8. The summed E-state index contributed by atoms with van der Waals surface area (Å²) in [5.74, 6) is -1.33. The van der Waals surface area contributed by atoms with Crippen molar-refractivity contribution in [2.24, 2.45) is 0 Å². The van der Waals surface area contributed by atoms with Crippen LogP contribution in [0.3, 0.4) is 0 Å². The maximum Gasteiger partial charge on any atom is 0.243 e. The topological polar surface area (TPSA) is 90.3 Å². The van der Waals surface area contributed by atoms with Crippen LogP contribution in [0.15, 0.2) is 71.6 Å². The first-order chi connectivity index (χ1) is 15.2. The molecule has 0 radical (unpaired) electrons. The molecule has 1 N–H and O–H groups in total. The molecule has 32 heavy (non-hydrogen) atoms. The molecule has 0 heterocycles. The van der Waals surface area contributed by atoms with Crippen molar-refractivity contribution >= 4 is 33.2 Å². The molecule has 0 bridgehead atoms. The highest BCUT2D eigenvalue weighted by molar-refractivity contribution is 7.89. The lowest BCUT2D eigenvalue weighted by atomic mass is 10.2. The fourth-order valence-electron chi connectivity index (χ4n) is 2.97. The number of anilines is 1. The predicted octanol–water partition coefficient (Wildman–Crippen LogP) is 4.49. The van der Waals surface area contributed by atoms with E-state index in [4.69, 9.17) is 16.9 Å². The number of hydrogen-bond donors (Lipinski definition) is 1. The van der Waals surface area contributed by atoms with Gasteiger partial charge in [0.05, 0.1) is 23.1 Å². The van der Waals surface area contributed by atoms with E-state index in [2.05, 4.69) is 5.32 Å². The average Bonchev–Trinajstić information content (AvgIpc) is 2.76. The smallest absolute Gasteiger partial charge is 0.243 e. The fourth-order valence-corrected chi connectivity index (χ4v) is 4.56. The minimum absolute atomic E-state index is 0.0326. The molecule has 0 aliphatic heterocycles. The molecule has 3 aromatic carbocycles. The maximum atomic E-state index is 14.4. The van der Waals surface area contributed by atoms with Crippen molar-refractivity contribution in [2.75, 3.05) is 11.9 Å². The first-order valence-corrected chi connectivity index (χ1v) is 11.3. The molecule has 164 valence electrons. The number of aryl methyl sites for hydroxylation is 1. The van der Waals surface area contributed by atoms with Crippen LogP contribution in [0.2, 0.25) is 5.02 Å². The zero-order chi connectivity index (χ0) is 23.3. The SMILES string of the molecule is Cc1ccc(S(=O)(=O)N(CC(=O)Nc2cccc(C#N)c2)Cc2c(F)cccc2Cl)cc1. The van der Waals surface area contributed by atoms with E-state index in [0.717, 1.165) is 9.87 Å². The Morgan fingerprint density at radius 3 is 2.47 bits per heavy atom. The van der Waals surface area contributed by atoms with Crippen LogP contribution in [0.25, 0.3) is 0 Å². The highest BCUT2D eigenvalue weighted by Crippen LogP contribution is 2.25. The monoisotopic (exact) mass is 471 g/mol. The number of sulfonamides is 1. The highest BCUT2D eigenvalue weighted by Gasteiger charge is 2.28. The fraction of sp³-hybridized carbons (Fsp3) is 0.130. The molecule has 1 amide bonds. The van der Waals surface area contributed by atoms with Gasteiger partial charge in [0, 0.05) is 22.8 Å². The van der Waals surface area contributed by atoms with Crippen LogP contribution in [-0.2, 0) is 21.4 Å². The summed E-state index contributed by atoms with van der Waals surface area (Å²) in [4.78, 5) is 12.7.